The van der Waals surface area contributed by atoms with Crippen molar-refractivity contribution in [2.75, 3.05) is 25.2 Å². The van der Waals surface area contributed by atoms with Crippen molar-refractivity contribution in [3.63, 3.8) is 0 Å². The van der Waals surface area contributed by atoms with Gasteiger partial charge in [0.1, 0.15) is 0 Å². The van der Waals surface area contributed by atoms with Gasteiger partial charge in [-0.1, -0.05) is 12.1 Å². The van der Waals surface area contributed by atoms with E-state index in [1.54, 1.807) is 4.90 Å². The Kier molecular flexibility index (Phi) is 5.26. The average molecular weight is 387 g/mol. The van der Waals surface area contributed by atoms with E-state index in [-0.39, 0.29) is 18.1 Å². The lowest BCUT2D eigenvalue weighted by Gasteiger charge is -2.40. The number of hydrogen-bond acceptors (Lipinski definition) is 4. The Hall–Kier alpha value is -1.64. The second kappa shape index (κ2) is 7.07. The van der Waals surface area contributed by atoms with E-state index in [1.165, 1.54) is 31.4 Å². The van der Waals surface area contributed by atoms with Gasteiger partial charge in [0, 0.05) is 19.3 Å². The standard InChI is InChI=1S/C19H24F3NO4/c1-27-12-18(26)8-6-17(7-9-18)10-11-23(16(17)25)14-4-2-13(3-5-14)15(24)19(20,21)22/h2-5,15,24,26H,6-12H2,1H3. The van der Waals surface area contributed by atoms with Crippen molar-refractivity contribution in [1.82, 2.24) is 0 Å². The SMILES string of the molecule is COCC1(O)CCC2(CCN(c3ccc(C(O)C(F)(F)F)cc3)C2=O)CC1. The van der Waals surface area contributed by atoms with E-state index in [4.69, 9.17) is 4.74 Å². The molecule has 1 saturated heterocycles. The molecule has 2 aliphatic rings. The van der Waals surface area contributed by atoms with Gasteiger partial charge in [0.25, 0.3) is 0 Å². The maximum Gasteiger partial charge on any atom is 0.418 e. The first-order valence-electron chi connectivity index (χ1n) is 8.98. The van der Waals surface area contributed by atoms with Crippen LogP contribution in [0.4, 0.5) is 18.9 Å². The highest BCUT2D eigenvalue weighted by molar-refractivity contribution is 6.00. The summed E-state index contributed by atoms with van der Waals surface area (Å²) < 4.78 is 42.9. The summed E-state index contributed by atoms with van der Waals surface area (Å²) in [5, 5.41) is 19.8. The number of ether oxygens (including phenoxy) is 1. The largest absolute Gasteiger partial charge is 0.418 e. The van der Waals surface area contributed by atoms with Crippen LogP contribution >= 0.6 is 0 Å². The lowest BCUT2D eigenvalue weighted by Crippen LogP contribution is -2.45. The van der Waals surface area contributed by atoms with Gasteiger partial charge in [-0.05, 0) is 49.8 Å². The van der Waals surface area contributed by atoms with Crippen LogP contribution in [0.2, 0.25) is 0 Å². The molecule has 1 amide bonds. The average Bonchev–Trinajstić information content (AvgIpc) is 2.94. The molecule has 2 fully saturated rings. The zero-order valence-corrected chi connectivity index (χ0v) is 15.1. The zero-order valence-electron chi connectivity index (χ0n) is 15.1. The minimum absolute atomic E-state index is 0.0499. The second-order valence-corrected chi connectivity index (χ2v) is 7.68. The second-order valence-electron chi connectivity index (χ2n) is 7.68. The van der Waals surface area contributed by atoms with Crippen LogP contribution in [0, 0.1) is 5.41 Å². The third-order valence-electron chi connectivity index (χ3n) is 5.89. The molecule has 1 saturated carbocycles. The van der Waals surface area contributed by atoms with Crippen LogP contribution in [0.25, 0.3) is 0 Å². The Bertz CT molecular complexity index is 681. The van der Waals surface area contributed by atoms with Gasteiger partial charge < -0.3 is 19.8 Å². The first-order chi connectivity index (χ1) is 12.6. The smallest absolute Gasteiger partial charge is 0.387 e. The predicted octanol–water partition coefficient (Wildman–Crippen LogP) is 2.96. The molecule has 5 nitrogen and oxygen atoms in total. The van der Waals surface area contributed by atoms with Crippen molar-refractivity contribution in [2.24, 2.45) is 5.41 Å². The Labute approximate surface area is 155 Å². The molecule has 1 unspecified atom stereocenters. The monoisotopic (exact) mass is 387 g/mol. The number of aliphatic hydroxyl groups is 2. The van der Waals surface area contributed by atoms with E-state index < -0.39 is 23.3 Å². The van der Waals surface area contributed by atoms with Crippen LogP contribution in [-0.2, 0) is 9.53 Å². The van der Waals surface area contributed by atoms with E-state index in [0.717, 1.165) is 0 Å². The number of rotatable bonds is 4. The lowest BCUT2D eigenvalue weighted by molar-refractivity contribution is -0.206. The fourth-order valence-electron chi connectivity index (χ4n) is 4.16. The van der Waals surface area contributed by atoms with E-state index in [1.807, 2.05) is 0 Å². The third-order valence-corrected chi connectivity index (χ3v) is 5.89. The Morgan fingerprint density at radius 1 is 1.15 bits per heavy atom. The summed E-state index contributed by atoms with van der Waals surface area (Å²) in [5.74, 6) is -0.0499. The molecule has 27 heavy (non-hydrogen) atoms. The maximum absolute atomic E-state index is 13.0. The predicted molar refractivity (Wildman–Crippen MR) is 92.2 cm³/mol. The van der Waals surface area contributed by atoms with Crippen LogP contribution < -0.4 is 4.90 Å². The fourth-order valence-corrected chi connectivity index (χ4v) is 4.16. The molecule has 1 aromatic rings. The molecule has 1 aliphatic carbocycles. The molecule has 1 aromatic carbocycles. The topological polar surface area (TPSA) is 70.0 Å². The minimum Gasteiger partial charge on any atom is -0.387 e. The Morgan fingerprint density at radius 3 is 2.26 bits per heavy atom. The van der Waals surface area contributed by atoms with Gasteiger partial charge in [0.05, 0.1) is 17.6 Å². The number of aliphatic hydroxyl groups excluding tert-OH is 1. The van der Waals surface area contributed by atoms with Gasteiger partial charge in [-0.2, -0.15) is 13.2 Å². The van der Waals surface area contributed by atoms with E-state index >= 15 is 0 Å². The number of anilines is 1. The van der Waals surface area contributed by atoms with Gasteiger partial charge in [0.15, 0.2) is 6.10 Å². The summed E-state index contributed by atoms with van der Waals surface area (Å²) in [4.78, 5) is 14.6. The quantitative estimate of drug-likeness (QED) is 0.834. The number of alkyl halides is 3. The molecule has 0 aromatic heterocycles. The molecule has 3 rings (SSSR count). The highest BCUT2D eigenvalue weighted by Crippen LogP contribution is 2.48. The van der Waals surface area contributed by atoms with Gasteiger partial charge in [-0.3, -0.25) is 4.79 Å². The molecule has 150 valence electrons. The van der Waals surface area contributed by atoms with Crippen molar-refractivity contribution >= 4 is 11.6 Å². The Morgan fingerprint density at radius 2 is 1.74 bits per heavy atom. The summed E-state index contributed by atoms with van der Waals surface area (Å²) >= 11 is 0. The number of methoxy groups -OCH3 is 1. The molecular formula is C19H24F3NO4. The lowest BCUT2D eigenvalue weighted by atomic mass is 9.68. The van der Waals surface area contributed by atoms with E-state index in [9.17, 15) is 28.2 Å². The molecule has 1 heterocycles. The van der Waals surface area contributed by atoms with Crippen molar-refractivity contribution in [2.45, 2.75) is 50.0 Å². The summed E-state index contributed by atoms with van der Waals surface area (Å²) in [6, 6.07) is 5.27. The van der Waals surface area contributed by atoms with Gasteiger partial charge >= 0.3 is 6.18 Å². The van der Waals surface area contributed by atoms with Crippen molar-refractivity contribution in [1.29, 1.82) is 0 Å². The van der Waals surface area contributed by atoms with Gasteiger partial charge in [-0.15, -0.1) is 0 Å². The molecule has 1 spiro atoms. The van der Waals surface area contributed by atoms with Crippen LogP contribution in [0.15, 0.2) is 24.3 Å². The van der Waals surface area contributed by atoms with Crippen LogP contribution in [0.5, 0.6) is 0 Å². The van der Waals surface area contributed by atoms with E-state index in [0.29, 0.717) is 44.3 Å². The number of nitrogens with zero attached hydrogens (tertiary/aromatic N) is 1. The number of halogens is 3. The molecule has 8 heteroatoms. The molecule has 0 radical (unpaired) electrons. The molecule has 2 N–H and O–H groups in total. The number of benzene rings is 1. The summed E-state index contributed by atoms with van der Waals surface area (Å²) in [5.41, 5.74) is -1.16. The van der Waals surface area contributed by atoms with E-state index in [2.05, 4.69) is 0 Å². The zero-order chi connectivity index (χ0) is 19.9. The van der Waals surface area contributed by atoms with Crippen molar-refractivity contribution < 1.29 is 32.9 Å². The number of carbonyl (C=O) groups is 1. The molecule has 0 bridgehead atoms. The normalized spacial score (nSPS) is 30.1. The molecule has 1 aliphatic heterocycles. The number of amides is 1. The van der Waals surface area contributed by atoms with Crippen LogP contribution in [-0.4, -0.2) is 48.2 Å². The van der Waals surface area contributed by atoms with Gasteiger partial charge in [0.2, 0.25) is 5.91 Å². The van der Waals surface area contributed by atoms with Crippen LogP contribution in [0.3, 0.4) is 0 Å². The summed E-state index contributed by atoms with van der Waals surface area (Å²) in [6.45, 7) is 0.729. The highest BCUT2D eigenvalue weighted by atomic mass is 19.4. The molecule has 1 atom stereocenters. The number of hydrogen-bond donors (Lipinski definition) is 2. The maximum atomic E-state index is 13.0. The van der Waals surface area contributed by atoms with Crippen LogP contribution in [0.1, 0.15) is 43.8 Å². The van der Waals surface area contributed by atoms with Crippen molar-refractivity contribution in [3.8, 4) is 0 Å². The summed E-state index contributed by atoms with van der Waals surface area (Å²) in [6.07, 6.45) is -4.52. The Balaban J connectivity index is 1.71. The first kappa shape index (κ1) is 20.1. The first-order valence-corrected chi connectivity index (χ1v) is 8.98. The van der Waals surface area contributed by atoms with Crippen molar-refractivity contribution in [3.05, 3.63) is 29.8 Å². The third kappa shape index (κ3) is 3.83. The van der Waals surface area contributed by atoms with Gasteiger partial charge in [-0.25, -0.2) is 0 Å². The number of carbonyl (C=O) groups excluding carboxylic acids is 1. The fraction of sp³-hybridized carbons (Fsp3) is 0.632. The minimum atomic E-state index is -4.73. The molecular weight excluding hydrogens is 363 g/mol. The highest BCUT2D eigenvalue weighted by Gasteiger charge is 2.51. The summed E-state index contributed by atoms with van der Waals surface area (Å²) in [7, 11) is 1.53.